The van der Waals surface area contributed by atoms with Crippen molar-refractivity contribution in [3.8, 4) is 0 Å². The molecule has 16 heavy (non-hydrogen) atoms. The van der Waals surface area contributed by atoms with Crippen LogP contribution in [0.5, 0.6) is 0 Å². The lowest BCUT2D eigenvalue weighted by Crippen LogP contribution is -2.03. The van der Waals surface area contributed by atoms with E-state index in [1.165, 1.54) is 11.3 Å². The minimum absolute atomic E-state index is 0.0679. The number of nitrogen functional groups attached to an aromatic ring is 1. The number of nitrogens with one attached hydrogen (secondary N) is 1. The lowest BCUT2D eigenvalue weighted by Gasteiger charge is -2.08. The van der Waals surface area contributed by atoms with Crippen molar-refractivity contribution in [2.45, 2.75) is 6.54 Å². The molecule has 84 valence electrons. The summed E-state index contributed by atoms with van der Waals surface area (Å²) < 4.78 is 26.7. The fourth-order valence-electron chi connectivity index (χ4n) is 1.27. The van der Waals surface area contributed by atoms with Crippen LogP contribution in [-0.2, 0) is 6.54 Å². The second-order valence-corrected chi connectivity index (χ2v) is 4.15. The van der Waals surface area contributed by atoms with Gasteiger partial charge in [0, 0.05) is 16.8 Å². The summed E-state index contributed by atoms with van der Waals surface area (Å²) in [4.78, 5) is 4.76. The van der Waals surface area contributed by atoms with E-state index in [0.29, 0.717) is 6.54 Å². The predicted octanol–water partition coefficient (Wildman–Crippen LogP) is 2.62. The van der Waals surface area contributed by atoms with Crippen LogP contribution in [0, 0.1) is 11.6 Å². The number of anilines is 2. The number of benzene rings is 1. The predicted molar refractivity (Wildman–Crippen MR) is 60.2 cm³/mol. The molecule has 2 aromatic rings. The summed E-state index contributed by atoms with van der Waals surface area (Å²) in [6.07, 6.45) is 1.64. The van der Waals surface area contributed by atoms with Gasteiger partial charge in [-0.15, -0.1) is 11.3 Å². The van der Waals surface area contributed by atoms with Crippen molar-refractivity contribution in [1.29, 1.82) is 0 Å². The molecule has 0 aliphatic rings. The first-order valence-electron chi connectivity index (χ1n) is 4.52. The molecule has 0 fully saturated rings. The molecule has 0 saturated carbocycles. The van der Waals surface area contributed by atoms with Crippen LogP contribution >= 0.6 is 11.3 Å². The highest BCUT2D eigenvalue weighted by Gasteiger charge is 2.09. The van der Waals surface area contributed by atoms with Gasteiger partial charge in [-0.05, 0) is 12.1 Å². The van der Waals surface area contributed by atoms with Gasteiger partial charge in [0.15, 0.2) is 11.6 Å². The zero-order chi connectivity index (χ0) is 11.5. The third kappa shape index (κ3) is 2.27. The fourth-order valence-corrected chi connectivity index (χ4v) is 1.80. The highest BCUT2D eigenvalue weighted by molar-refractivity contribution is 7.09. The molecule has 0 atom stereocenters. The number of thiazole rings is 1. The van der Waals surface area contributed by atoms with Crippen molar-refractivity contribution in [3.05, 3.63) is 40.4 Å². The van der Waals surface area contributed by atoms with Crippen LogP contribution in [0.15, 0.2) is 23.8 Å². The molecule has 3 nitrogen and oxygen atoms in total. The molecule has 0 bridgehead atoms. The summed E-state index contributed by atoms with van der Waals surface area (Å²) in [6.45, 7) is 0.336. The number of hydrogen-bond acceptors (Lipinski definition) is 4. The summed E-state index contributed by atoms with van der Waals surface area (Å²) in [7, 11) is 0. The molecule has 0 radical (unpaired) electrons. The second-order valence-electron chi connectivity index (χ2n) is 3.18. The highest BCUT2D eigenvalue weighted by atomic mass is 32.1. The van der Waals surface area contributed by atoms with Gasteiger partial charge in [0.05, 0.1) is 12.1 Å². The van der Waals surface area contributed by atoms with E-state index >= 15 is 0 Å². The molecule has 0 saturated heterocycles. The number of nitrogens with zero attached hydrogens (tertiary/aromatic N) is 1. The summed E-state index contributed by atoms with van der Waals surface area (Å²) in [5.74, 6) is -1.39. The van der Waals surface area contributed by atoms with Crippen LogP contribution in [0.4, 0.5) is 20.2 Å². The van der Waals surface area contributed by atoms with E-state index in [1.807, 2.05) is 0 Å². The Morgan fingerprint density at radius 3 is 2.56 bits per heavy atom. The van der Waals surface area contributed by atoms with Crippen molar-refractivity contribution < 1.29 is 8.78 Å². The molecule has 0 aliphatic carbocycles. The molecule has 0 aliphatic heterocycles. The van der Waals surface area contributed by atoms with Crippen LogP contribution in [0.3, 0.4) is 0 Å². The van der Waals surface area contributed by atoms with Gasteiger partial charge in [-0.1, -0.05) is 0 Å². The van der Waals surface area contributed by atoms with Crippen molar-refractivity contribution in [2.75, 3.05) is 11.1 Å². The average molecular weight is 241 g/mol. The third-order valence-corrected chi connectivity index (χ3v) is 2.77. The first-order valence-corrected chi connectivity index (χ1v) is 5.40. The van der Waals surface area contributed by atoms with Gasteiger partial charge in [-0.25, -0.2) is 8.78 Å². The first-order chi connectivity index (χ1) is 7.66. The van der Waals surface area contributed by atoms with Crippen LogP contribution in [-0.4, -0.2) is 4.98 Å². The molecular weight excluding hydrogens is 232 g/mol. The Kier molecular flexibility index (Phi) is 3.00. The highest BCUT2D eigenvalue weighted by Crippen LogP contribution is 2.22. The van der Waals surface area contributed by atoms with Crippen molar-refractivity contribution >= 4 is 22.7 Å². The summed E-state index contributed by atoms with van der Waals surface area (Å²) in [5, 5.41) is 2.68. The molecule has 6 heteroatoms. The summed E-state index contributed by atoms with van der Waals surface area (Å²) in [6, 6.07) is 2.16. The maximum atomic E-state index is 13.3. The second kappa shape index (κ2) is 4.44. The molecule has 1 heterocycles. The lowest BCUT2D eigenvalue weighted by atomic mass is 10.2. The van der Waals surface area contributed by atoms with E-state index in [1.54, 1.807) is 11.7 Å². The maximum Gasteiger partial charge on any atom is 0.151 e. The van der Waals surface area contributed by atoms with Crippen LogP contribution < -0.4 is 11.1 Å². The monoisotopic (exact) mass is 241 g/mol. The smallest absolute Gasteiger partial charge is 0.151 e. The Balaban J connectivity index is 2.15. The van der Waals surface area contributed by atoms with E-state index in [4.69, 9.17) is 5.73 Å². The Hall–Kier alpha value is -1.69. The van der Waals surface area contributed by atoms with E-state index in [-0.39, 0.29) is 11.4 Å². The Bertz CT molecular complexity index is 462. The van der Waals surface area contributed by atoms with Crippen molar-refractivity contribution in [2.24, 2.45) is 0 Å². The SMILES string of the molecule is Nc1cc(F)c(NCc2cncs2)c(F)c1. The normalized spacial score (nSPS) is 10.4. The number of rotatable bonds is 3. The Morgan fingerprint density at radius 1 is 1.31 bits per heavy atom. The van der Waals surface area contributed by atoms with Gasteiger partial charge < -0.3 is 11.1 Å². The minimum atomic E-state index is -0.693. The fraction of sp³-hybridized carbons (Fsp3) is 0.100. The molecule has 0 amide bonds. The van der Waals surface area contributed by atoms with Gasteiger partial charge >= 0.3 is 0 Å². The average Bonchev–Trinajstić information content (AvgIpc) is 2.68. The maximum absolute atomic E-state index is 13.3. The van der Waals surface area contributed by atoms with Gasteiger partial charge in [0.1, 0.15) is 5.69 Å². The summed E-state index contributed by atoms with van der Waals surface area (Å²) in [5.41, 5.74) is 6.87. The molecule has 2 rings (SSSR count). The van der Waals surface area contributed by atoms with E-state index in [2.05, 4.69) is 10.3 Å². The van der Waals surface area contributed by atoms with E-state index < -0.39 is 11.6 Å². The Labute approximate surface area is 94.9 Å². The number of hydrogen-bond donors (Lipinski definition) is 2. The van der Waals surface area contributed by atoms with Crippen LogP contribution in [0.25, 0.3) is 0 Å². The number of aromatic nitrogens is 1. The van der Waals surface area contributed by atoms with Crippen LogP contribution in [0.2, 0.25) is 0 Å². The summed E-state index contributed by atoms with van der Waals surface area (Å²) >= 11 is 1.41. The number of halogens is 2. The molecule has 1 aromatic heterocycles. The largest absolute Gasteiger partial charge is 0.399 e. The molecular formula is C10H9F2N3S. The van der Waals surface area contributed by atoms with Gasteiger partial charge in [0.25, 0.3) is 0 Å². The first kappa shape index (κ1) is 10.8. The Morgan fingerprint density at radius 2 is 2.00 bits per heavy atom. The number of nitrogens with two attached hydrogens (primary N) is 1. The lowest BCUT2D eigenvalue weighted by molar-refractivity contribution is 0.589. The van der Waals surface area contributed by atoms with Gasteiger partial charge in [-0.2, -0.15) is 0 Å². The third-order valence-electron chi connectivity index (χ3n) is 1.99. The standard InChI is InChI=1S/C10H9F2N3S/c11-8-1-6(13)2-9(12)10(8)15-4-7-3-14-5-16-7/h1-3,5,15H,4,13H2. The molecule has 3 N–H and O–H groups in total. The van der Waals surface area contributed by atoms with Crippen molar-refractivity contribution in [1.82, 2.24) is 4.98 Å². The minimum Gasteiger partial charge on any atom is -0.399 e. The van der Waals surface area contributed by atoms with E-state index in [0.717, 1.165) is 17.0 Å². The van der Waals surface area contributed by atoms with Crippen molar-refractivity contribution in [3.63, 3.8) is 0 Å². The van der Waals surface area contributed by atoms with Gasteiger partial charge in [-0.3, -0.25) is 4.98 Å². The molecule has 0 unspecified atom stereocenters. The van der Waals surface area contributed by atoms with E-state index in [9.17, 15) is 8.78 Å². The quantitative estimate of drug-likeness (QED) is 0.812. The molecule has 0 spiro atoms. The topological polar surface area (TPSA) is 50.9 Å². The van der Waals surface area contributed by atoms with Crippen LogP contribution in [0.1, 0.15) is 4.88 Å². The zero-order valence-corrected chi connectivity index (χ0v) is 9.02. The van der Waals surface area contributed by atoms with Gasteiger partial charge in [0.2, 0.25) is 0 Å². The molecule has 1 aromatic carbocycles. The zero-order valence-electron chi connectivity index (χ0n) is 8.21.